The van der Waals surface area contributed by atoms with E-state index in [9.17, 15) is 0 Å². The highest BCUT2D eigenvalue weighted by molar-refractivity contribution is 4.86. The van der Waals surface area contributed by atoms with Crippen molar-refractivity contribution in [1.29, 1.82) is 0 Å². The zero-order valence-electron chi connectivity index (χ0n) is 13.1. The molecule has 3 heteroatoms. The summed E-state index contributed by atoms with van der Waals surface area (Å²) in [6, 6.07) is 0.829. The Morgan fingerprint density at radius 1 is 0.947 bits per heavy atom. The molecule has 1 saturated heterocycles. The molecule has 0 bridgehead atoms. The molecule has 1 saturated carbocycles. The van der Waals surface area contributed by atoms with Crippen LogP contribution in [0.5, 0.6) is 0 Å². The zero-order chi connectivity index (χ0) is 13.9. The Morgan fingerprint density at radius 2 is 1.53 bits per heavy atom. The van der Waals surface area contributed by atoms with Gasteiger partial charge in [0.15, 0.2) is 0 Å². The topological polar surface area (TPSA) is 26.7 Å². The van der Waals surface area contributed by atoms with Gasteiger partial charge in [-0.3, -0.25) is 9.80 Å². The molecule has 2 rings (SSSR count). The molecule has 112 valence electrons. The molecule has 0 aromatic carbocycles. The number of aliphatic hydroxyl groups excluding tert-OH is 1. The van der Waals surface area contributed by atoms with E-state index in [1.807, 2.05) is 0 Å². The average molecular weight is 268 g/mol. The number of hydrogen-bond acceptors (Lipinski definition) is 3. The third-order valence-electron chi connectivity index (χ3n) is 5.26. The van der Waals surface area contributed by atoms with Crippen LogP contribution in [0.15, 0.2) is 0 Å². The highest BCUT2D eigenvalue weighted by Crippen LogP contribution is 2.39. The van der Waals surface area contributed by atoms with E-state index in [-0.39, 0.29) is 0 Å². The molecule has 0 aromatic heterocycles. The van der Waals surface area contributed by atoms with Gasteiger partial charge in [0.05, 0.1) is 6.61 Å². The molecular formula is C16H32N2O. The second-order valence-electron chi connectivity index (χ2n) is 7.47. The fourth-order valence-electron chi connectivity index (χ4n) is 3.80. The summed E-state index contributed by atoms with van der Waals surface area (Å²) >= 11 is 0. The van der Waals surface area contributed by atoms with Crippen molar-refractivity contribution in [1.82, 2.24) is 9.80 Å². The normalized spacial score (nSPS) is 31.6. The maximum Gasteiger partial charge on any atom is 0.0558 e. The summed E-state index contributed by atoms with van der Waals surface area (Å²) in [4.78, 5) is 5.09. The molecule has 0 unspecified atom stereocenters. The number of aliphatic hydroxyl groups is 1. The predicted molar refractivity (Wildman–Crippen MR) is 80.3 cm³/mol. The average Bonchev–Trinajstić information content (AvgIpc) is 2.39. The van der Waals surface area contributed by atoms with Gasteiger partial charge in [0.2, 0.25) is 0 Å². The van der Waals surface area contributed by atoms with Crippen LogP contribution in [0.1, 0.15) is 46.5 Å². The SMILES string of the molecule is CC(C)(C)C1CCC(N2CCN(CCO)CC2)CC1. The van der Waals surface area contributed by atoms with Gasteiger partial charge in [0, 0.05) is 38.8 Å². The van der Waals surface area contributed by atoms with Crippen LogP contribution < -0.4 is 0 Å². The molecular weight excluding hydrogens is 236 g/mol. The van der Waals surface area contributed by atoms with Gasteiger partial charge < -0.3 is 5.11 Å². The fraction of sp³-hybridized carbons (Fsp3) is 1.00. The van der Waals surface area contributed by atoms with Crippen LogP contribution in [0.2, 0.25) is 0 Å². The summed E-state index contributed by atoms with van der Waals surface area (Å²) in [6.45, 7) is 13.0. The number of hydrogen-bond donors (Lipinski definition) is 1. The van der Waals surface area contributed by atoms with E-state index >= 15 is 0 Å². The van der Waals surface area contributed by atoms with E-state index in [2.05, 4.69) is 30.6 Å². The molecule has 1 aliphatic carbocycles. The van der Waals surface area contributed by atoms with Crippen molar-refractivity contribution < 1.29 is 5.11 Å². The van der Waals surface area contributed by atoms with Crippen molar-refractivity contribution in [2.75, 3.05) is 39.3 Å². The number of piperazine rings is 1. The zero-order valence-corrected chi connectivity index (χ0v) is 13.1. The second kappa shape index (κ2) is 6.55. The molecule has 19 heavy (non-hydrogen) atoms. The van der Waals surface area contributed by atoms with Crippen LogP contribution >= 0.6 is 0 Å². The Labute approximate surface area is 119 Å². The molecule has 0 radical (unpaired) electrons. The van der Waals surface area contributed by atoms with Crippen molar-refractivity contribution in [3.63, 3.8) is 0 Å². The van der Waals surface area contributed by atoms with E-state index in [4.69, 9.17) is 5.11 Å². The van der Waals surface area contributed by atoms with Gasteiger partial charge in [-0.05, 0) is 37.0 Å². The Hall–Kier alpha value is -0.120. The van der Waals surface area contributed by atoms with Crippen molar-refractivity contribution in [2.24, 2.45) is 11.3 Å². The highest BCUT2D eigenvalue weighted by Gasteiger charge is 2.32. The second-order valence-corrected chi connectivity index (χ2v) is 7.47. The van der Waals surface area contributed by atoms with E-state index < -0.39 is 0 Å². The summed E-state index contributed by atoms with van der Waals surface area (Å²) in [7, 11) is 0. The lowest BCUT2D eigenvalue weighted by molar-refractivity contribution is 0.0490. The molecule has 0 atom stereocenters. The molecule has 2 aliphatic rings. The Balaban J connectivity index is 1.74. The quantitative estimate of drug-likeness (QED) is 0.850. The number of β-amino-alcohol motifs (C(OH)–C–C–N with tert-alkyl or cyclic N) is 1. The van der Waals surface area contributed by atoms with Gasteiger partial charge in [0.1, 0.15) is 0 Å². The largest absolute Gasteiger partial charge is 0.395 e. The minimum atomic E-state index is 0.302. The van der Waals surface area contributed by atoms with E-state index in [1.54, 1.807) is 0 Å². The molecule has 3 nitrogen and oxygen atoms in total. The first-order chi connectivity index (χ1) is 9.00. The van der Waals surface area contributed by atoms with Crippen molar-refractivity contribution in [2.45, 2.75) is 52.5 Å². The smallest absolute Gasteiger partial charge is 0.0558 e. The lowest BCUT2D eigenvalue weighted by atomic mass is 9.71. The monoisotopic (exact) mass is 268 g/mol. The third kappa shape index (κ3) is 4.17. The molecule has 2 fully saturated rings. The van der Waals surface area contributed by atoms with Crippen molar-refractivity contribution in [3.05, 3.63) is 0 Å². The molecule has 1 N–H and O–H groups in total. The van der Waals surface area contributed by atoms with Gasteiger partial charge in [-0.2, -0.15) is 0 Å². The minimum absolute atomic E-state index is 0.302. The van der Waals surface area contributed by atoms with Gasteiger partial charge in [0.25, 0.3) is 0 Å². The Bertz CT molecular complexity index is 258. The summed E-state index contributed by atoms with van der Waals surface area (Å²) < 4.78 is 0. The van der Waals surface area contributed by atoms with Gasteiger partial charge in [-0.25, -0.2) is 0 Å². The fourth-order valence-corrected chi connectivity index (χ4v) is 3.80. The number of nitrogens with zero attached hydrogens (tertiary/aromatic N) is 2. The third-order valence-corrected chi connectivity index (χ3v) is 5.26. The van der Waals surface area contributed by atoms with E-state index in [0.29, 0.717) is 12.0 Å². The summed E-state index contributed by atoms with van der Waals surface area (Å²) in [6.07, 6.45) is 5.60. The van der Waals surface area contributed by atoms with Crippen LogP contribution in [0.4, 0.5) is 0 Å². The highest BCUT2D eigenvalue weighted by atomic mass is 16.3. The maximum absolute atomic E-state index is 8.98. The maximum atomic E-state index is 8.98. The molecule has 1 heterocycles. The van der Waals surface area contributed by atoms with Crippen LogP contribution in [0.3, 0.4) is 0 Å². The van der Waals surface area contributed by atoms with Crippen LogP contribution in [-0.2, 0) is 0 Å². The van der Waals surface area contributed by atoms with Crippen LogP contribution in [0.25, 0.3) is 0 Å². The first-order valence-corrected chi connectivity index (χ1v) is 8.08. The Morgan fingerprint density at radius 3 is 2.00 bits per heavy atom. The summed E-state index contributed by atoms with van der Waals surface area (Å²) in [5, 5.41) is 8.98. The number of rotatable bonds is 3. The van der Waals surface area contributed by atoms with Crippen LogP contribution in [-0.4, -0.2) is 60.3 Å². The lowest BCUT2D eigenvalue weighted by Gasteiger charge is -2.44. The van der Waals surface area contributed by atoms with Gasteiger partial charge >= 0.3 is 0 Å². The first kappa shape index (κ1) is 15.3. The predicted octanol–water partition coefficient (Wildman–Crippen LogP) is 2.20. The van der Waals surface area contributed by atoms with Crippen molar-refractivity contribution >= 4 is 0 Å². The lowest BCUT2D eigenvalue weighted by Crippen LogP contribution is -2.51. The van der Waals surface area contributed by atoms with Crippen LogP contribution in [0, 0.1) is 11.3 Å². The standard InChI is InChI=1S/C16H32N2O/c1-16(2,3)14-4-6-15(7-5-14)18-10-8-17(9-11-18)12-13-19/h14-15,19H,4-13H2,1-3H3. The molecule has 0 aromatic rings. The van der Waals surface area contributed by atoms with Gasteiger partial charge in [-0.1, -0.05) is 20.8 Å². The summed E-state index contributed by atoms with van der Waals surface area (Å²) in [5.41, 5.74) is 0.491. The Kier molecular flexibility index (Phi) is 5.27. The van der Waals surface area contributed by atoms with Gasteiger partial charge in [-0.15, -0.1) is 0 Å². The molecule has 1 aliphatic heterocycles. The molecule has 0 spiro atoms. The molecule has 0 amide bonds. The minimum Gasteiger partial charge on any atom is -0.395 e. The summed E-state index contributed by atoms with van der Waals surface area (Å²) in [5.74, 6) is 0.916. The van der Waals surface area contributed by atoms with Crippen molar-refractivity contribution in [3.8, 4) is 0 Å². The van der Waals surface area contributed by atoms with E-state index in [0.717, 1.165) is 31.6 Å². The van der Waals surface area contributed by atoms with E-state index in [1.165, 1.54) is 38.8 Å². The first-order valence-electron chi connectivity index (χ1n) is 8.08.